The molecule has 0 bridgehead atoms. The van der Waals surface area contributed by atoms with E-state index in [4.69, 9.17) is 0 Å². The fraction of sp³-hybridized carbons (Fsp3) is 0.222. The van der Waals surface area contributed by atoms with Gasteiger partial charge in [-0.2, -0.15) is 8.78 Å². The average molecular weight is 405 g/mol. The van der Waals surface area contributed by atoms with Crippen molar-refractivity contribution in [2.24, 2.45) is 0 Å². The van der Waals surface area contributed by atoms with Crippen LogP contribution in [0.4, 0.5) is 14.6 Å². The molecule has 0 amide bonds. The van der Waals surface area contributed by atoms with Crippen molar-refractivity contribution >= 4 is 43.3 Å². The molecule has 0 fully saturated rings. The molecule has 3 aromatic rings. The summed E-state index contributed by atoms with van der Waals surface area (Å²) in [6.45, 7) is 2.14. The van der Waals surface area contributed by atoms with Gasteiger partial charge in [-0.05, 0) is 19.1 Å². The van der Waals surface area contributed by atoms with E-state index < -0.39 is 6.61 Å². The van der Waals surface area contributed by atoms with Crippen LogP contribution in [0.25, 0.3) is 26.1 Å². The van der Waals surface area contributed by atoms with Gasteiger partial charge in [-0.3, -0.25) is 9.36 Å². The highest BCUT2D eigenvalue weighted by Crippen LogP contribution is 2.33. The van der Waals surface area contributed by atoms with Crippen molar-refractivity contribution in [3.8, 4) is 0 Å². The fourth-order valence-electron chi connectivity index (χ4n) is 2.62. The van der Waals surface area contributed by atoms with Gasteiger partial charge in [-0.25, -0.2) is 15.0 Å². The van der Waals surface area contributed by atoms with E-state index in [1.807, 2.05) is 19.0 Å². The largest absolute Gasteiger partial charge is 0.435 e. The first-order valence-corrected chi connectivity index (χ1v) is 8.95. The van der Waals surface area contributed by atoms with Gasteiger partial charge in [0.25, 0.3) is 5.56 Å². The molecule has 10 heteroatoms. The Kier molecular flexibility index (Phi) is 5.50. The van der Waals surface area contributed by atoms with Gasteiger partial charge >= 0.3 is 6.61 Å². The van der Waals surface area contributed by atoms with Gasteiger partial charge in [0.15, 0.2) is 0 Å². The van der Waals surface area contributed by atoms with E-state index in [1.165, 1.54) is 40.7 Å². The lowest BCUT2D eigenvalue weighted by Gasteiger charge is -2.11. The minimum Gasteiger partial charge on any atom is -0.435 e. The summed E-state index contributed by atoms with van der Waals surface area (Å²) in [5, 5.41) is 0.716. The molecule has 0 saturated carbocycles. The summed E-state index contributed by atoms with van der Waals surface area (Å²) in [5.41, 5.74) is 0.668. The third kappa shape index (κ3) is 3.63. The normalized spacial score (nSPS) is 12.4. The molecule has 0 aromatic carbocycles. The number of nitrogens with zero attached hydrogens (tertiary/aromatic N) is 5. The Bertz CT molecular complexity index is 1160. The summed E-state index contributed by atoms with van der Waals surface area (Å²) in [5.74, 6) is 0.455. The molecule has 0 atom stereocenters. The van der Waals surface area contributed by atoms with Crippen molar-refractivity contribution in [1.29, 1.82) is 0 Å². The Morgan fingerprint density at radius 1 is 1.32 bits per heavy atom. The molecule has 0 unspecified atom stereocenters. The summed E-state index contributed by atoms with van der Waals surface area (Å²) < 4.78 is 30.4. The van der Waals surface area contributed by atoms with Gasteiger partial charge in [-0.1, -0.05) is 12.7 Å². The number of fused-ring (bicyclic) bond motifs is 3. The molecular formula is C18H17F2N5O2S. The van der Waals surface area contributed by atoms with Gasteiger partial charge in [0.1, 0.15) is 39.3 Å². The first kappa shape index (κ1) is 19.6. The zero-order chi connectivity index (χ0) is 20.4. The predicted molar refractivity (Wildman–Crippen MR) is 107 cm³/mol. The first-order valence-electron chi connectivity index (χ1n) is 8.14. The highest BCUT2D eigenvalue weighted by molar-refractivity contribution is 7.25. The molecular weight excluding hydrogens is 388 g/mol. The topological polar surface area (TPSA) is 73.1 Å². The Morgan fingerprint density at radius 2 is 2.07 bits per heavy atom. The highest BCUT2D eigenvalue weighted by Gasteiger charge is 2.18. The van der Waals surface area contributed by atoms with Crippen molar-refractivity contribution in [1.82, 2.24) is 19.5 Å². The smallest absolute Gasteiger partial charge is 0.387 e. The van der Waals surface area contributed by atoms with Gasteiger partial charge in [-0.15, -0.1) is 11.3 Å². The van der Waals surface area contributed by atoms with E-state index >= 15 is 0 Å². The molecule has 0 spiro atoms. The van der Waals surface area contributed by atoms with Gasteiger partial charge in [0.05, 0.1) is 5.39 Å². The van der Waals surface area contributed by atoms with Gasteiger partial charge < -0.3 is 9.64 Å². The van der Waals surface area contributed by atoms with Crippen molar-refractivity contribution < 1.29 is 13.5 Å². The van der Waals surface area contributed by atoms with Crippen LogP contribution in [0.2, 0.25) is 0 Å². The number of anilines is 1. The van der Waals surface area contributed by atoms with E-state index in [-0.39, 0.29) is 11.3 Å². The molecule has 146 valence electrons. The zero-order valence-corrected chi connectivity index (χ0v) is 16.2. The third-order valence-electron chi connectivity index (χ3n) is 3.84. The van der Waals surface area contributed by atoms with Crippen LogP contribution in [-0.4, -0.2) is 40.2 Å². The monoisotopic (exact) mass is 405 g/mol. The lowest BCUT2D eigenvalue weighted by atomic mass is 10.3. The number of hydrogen-bond donors (Lipinski definition) is 0. The molecule has 0 aliphatic rings. The average Bonchev–Trinajstić information content (AvgIpc) is 3.02. The Balaban J connectivity index is 2.11. The van der Waals surface area contributed by atoms with Crippen LogP contribution in [0.3, 0.4) is 0 Å². The number of hydrogen-bond acceptors (Lipinski definition) is 7. The van der Waals surface area contributed by atoms with Crippen molar-refractivity contribution in [2.45, 2.75) is 13.5 Å². The summed E-state index contributed by atoms with van der Waals surface area (Å²) in [7, 11) is 3.70. The van der Waals surface area contributed by atoms with Crippen LogP contribution < -0.4 is 10.5 Å². The molecule has 28 heavy (non-hydrogen) atoms. The molecule has 0 aliphatic heterocycles. The van der Waals surface area contributed by atoms with Crippen LogP contribution in [0.15, 0.2) is 48.0 Å². The standard InChI is InChI=1S/C18H17F2N5O2S/c1-5-11(7-6-10(2)27-18(19)20)25-9-23-13-12-15(24(3)4)21-8-22-16(12)28-14(13)17(25)26/h5-9,18H,2H2,1,3-4H3/b7-6-,11-5+. The van der Waals surface area contributed by atoms with E-state index in [0.717, 1.165) is 0 Å². The molecule has 3 aromatic heterocycles. The molecule has 0 saturated heterocycles. The summed E-state index contributed by atoms with van der Waals surface area (Å²) in [6, 6.07) is 0. The van der Waals surface area contributed by atoms with Crippen LogP contribution in [0, 0.1) is 0 Å². The lowest BCUT2D eigenvalue weighted by molar-refractivity contribution is -0.0915. The van der Waals surface area contributed by atoms with Crippen LogP contribution in [-0.2, 0) is 4.74 Å². The number of rotatable bonds is 6. The maximum absolute atomic E-state index is 13.0. The number of halogens is 2. The minimum absolute atomic E-state index is 0.218. The van der Waals surface area contributed by atoms with E-state index in [2.05, 4.69) is 26.3 Å². The Hall–Kier alpha value is -3.14. The number of alkyl halides is 2. The zero-order valence-electron chi connectivity index (χ0n) is 15.4. The van der Waals surface area contributed by atoms with Crippen molar-refractivity contribution in [3.05, 3.63) is 53.6 Å². The third-order valence-corrected chi connectivity index (χ3v) is 4.91. The van der Waals surface area contributed by atoms with Crippen molar-refractivity contribution in [3.63, 3.8) is 0 Å². The van der Waals surface area contributed by atoms with E-state index in [1.54, 1.807) is 13.0 Å². The second-order valence-electron chi connectivity index (χ2n) is 5.86. The molecule has 0 N–H and O–H groups in total. The fourth-order valence-corrected chi connectivity index (χ4v) is 3.64. The number of ether oxygens (including phenoxy) is 1. The maximum atomic E-state index is 13.0. The van der Waals surface area contributed by atoms with Crippen LogP contribution >= 0.6 is 11.3 Å². The van der Waals surface area contributed by atoms with Crippen LogP contribution in [0.1, 0.15) is 6.92 Å². The minimum atomic E-state index is -2.96. The molecule has 0 radical (unpaired) electrons. The molecule has 3 rings (SSSR count). The SMILES string of the molecule is C=C(/C=C\C(=C/C)n1cnc2c(sc3ncnc(N(C)C)c32)c1=O)OC(F)F. The quantitative estimate of drug-likeness (QED) is 0.461. The number of aromatic nitrogens is 4. The molecule has 7 nitrogen and oxygen atoms in total. The van der Waals surface area contributed by atoms with E-state index in [9.17, 15) is 13.6 Å². The van der Waals surface area contributed by atoms with Gasteiger partial charge in [0, 0.05) is 19.8 Å². The second kappa shape index (κ2) is 7.85. The summed E-state index contributed by atoms with van der Waals surface area (Å²) in [4.78, 5) is 28.5. The van der Waals surface area contributed by atoms with Crippen LogP contribution in [0.5, 0.6) is 0 Å². The second-order valence-corrected chi connectivity index (χ2v) is 6.86. The number of allylic oxidation sites excluding steroid dienone is 4. The lowest BCUT2D eigenvalue weighted by Crippen LogP contribution is -2.18. The number of thiophene rings is 1. The predicted octanol–water partition coefficient (Wildman–Crippen LogP) is 3.64. The maximum Gasteiger partial charge on any atom is 0.387 e. The molecule has 3 heterocycles. The van der Waals surface area contributed by atoms with Crippen molar-refractivity contribution in [2.75, 3.05) is 19.0 Å². The Morgan fingerprint density at radius 3 is 2.71 bits per heavy atom. The Labute approximate surface area is 162 Å². The summed E-state index contributed by atoms with van der Waals surface area (Å²) in [6.07, 6.45) is 7.20. The van der Waals surface area contributed by atoms with Gasteiger partial charge in [0.2, 0.25) is 0 Å². The summed E-state index contributed by atoms with van der Waals surface area (Å²) >= 11 is 1.23. The van der Waals surface area contributed by atoms with E-state index in [0.29, 0.717) is 31.9 Å². The molecule has 0 aliphatic carbocycles. The highest BCUT2D eigenvalue weighted by atomic mass is 32.1. The first-order chi connectivity index (χ1) is 13.3.